The van der Waals surface area contributed by atoms with Crippen LogP contribution in [0, 0.1) is 0 Å². The number of piperazine rings is 1. The van der Waals surface area contributed by atoms with Crippen molar-refractivity contribution in [2.75, 3.05) is 67.0 Å². The van der Waals surface area contributed by atoms with E-state index in [0.29, 0.717) is 53.1 Å². The molecule has 1 saturated heterocycles. The molecular weight excluding hydrogens is 616 g/mol. The van der Waals surface area contributed by atoms with Crippen LogP contribution in [-0.2, 0) is 13.1 Å². The Labute approximate surface area is 274 Å². The lowest BCUT2D eigenvalue weighted by Crippen LogP contribution is -2.45. The molecule has 0 unspecified atom stereocenters. The number of hydrogen-bond acceptors (Lipinski definition) is 9. The standard InChI is InChI=1S/C32H40N6O7.ClH/c1-41-25-10-8-21(17-27(25)43-3)30(39)35-24-16-20(31(40)36-32(33)34)6-7-22(24)18-37-12-14-38(15-13-37)19-23-9-11-26(42-2)29(45-5)28(23)44-4;/h6-11,16-17H,12-15,18-19H2,1-5H3,(H,35,39)(H4,33,34,36,40);1H. The van der Waals surface area contributed by atoms with Crippen molar-refractivity contribution in [3.8, 4) is 28.7 Å². The van der Waals surface area contributed by atoms with Gasteiger partial charge in [0, 0.05) is 61.6 Å². The van der Waals surface area contributed by atoms with Gasteiger partial charge in [0.15, 0.2) is 29.0 Å². The van der Waals surface area contributed by atoms with E-state index in [2.05, 4.69) is 20.1 Å². The van der Waals surface area contributed by atoms with Crippen LogP contribution in [0.25, 0.3) is 0 Å². The maximum absolute atomic E-state index is 13.3. The summed E-state index contributed by atoms with van der Waals surface area (Å²) in [7, 11) is 7.84. The number of amides is 2. The SMILES string of the molecule is COc1ccc(C(=O)Nc2cc(C(=O)N=C(N)N)ccc2CN2CCN(Cc3ccc(OC)c(OC)c3OC)CC2)cc1OC.Cl. The van der Waals surface area contributed by atoms with Gasteiger partial charge in [0.25, 0.3) is 11.8 Å². The molecule has 3 aromatic carbocycles. The molecule has 14 heteroatoms. The Morgan fingerprint density at radius 3 is 1.80 bits per heavy atom. The summed E-state index contributed by atoms with van der Waals surface area (Å²) in [6.45, 7) is 4.43. The summed E-state index contributed by atoms with van der Waals surface area (Å²) in [6.07, 6.45) is 0. The number of ether oxygens (including phenoxy) is 5. The Hall–Kier alpha value is -4.72. The number of carbonyl (C=O) groups is 2. The van der Waals surface area contributed by atoms with Crippen LogP contribution >= 0.6 is 12.4 Å². The minimum Gasteiger partial charge on any atom is -0.493 e. The summed E-state index contributed by atoms with van der Waals surface area (Å²) >= 11 is 0. The zero-order valence-corrected chi connectivity index (χ0v) is 27.4. The van der Waals surface area contributed by atoms with E-state index in [1.807, 2.05) is 12.1 Å². The van der Waals surface area contributed by atoms with Crippen molar-refractivity contribution in [2.24, 2.45) is 16.5 Å². The van der Waals surface area contributed by atoms with Gasteiger partial charge in [-0.3, -0.25) is 19.4 Å². The number of hydrogen-bond donors (Lipinski definition) is 3. The van der Waals surface area contributed by atoms with E-state index < -0.39 is 5.91 Å². The van der Waals surface area contributed by atoms with Crippen molar-refractivity contribution in [2.45, 2.75) is 13.1 Å². The summed E-state index contributed by atoms with van der Waals surface area (Å²) in [6, 6.07) is 13.8. The van der Waals surface area contributed by atoms with Gasteiger partial charge in [-0.1, -0.05) is 12.1 Å². The largest absolute Gasteiger partial charge is 0.493 e. The molecule has 0 spiro atoms. The van der Waals surface area contributed by atoms with E-state index >= 15 is 0 Å². The molecule has 4 rings (SSSR count). The fraction of sp³-hybridized carbons (Fsp3) is 0.344. The topological polar surface area (TPSA) is 163 Å². The van der Waals surface area contributed by atoms with Crippen molar-refractivity contribution in [1.29, 1.82) is 0 Å². The highest BCUT2D eigenvalue weighted by atomic mass is 35.5. The number of benzene rings is 3. The lowest BCUT2D eigenvalue weighted by Gasteiger charge is -2.35. The van der Waals surface area contributed by atoms with Gasteiger partial charge < -0.3 is 40.5 Å². The molecule has 13 nitrogen and oxygen atoms in total. The number of nitrogens with one attached hydrogen (secondary N) is 1. The Bertz CT molecular complexity index is 1560. The van der Waals surface area contributed by atoms with Crippen LogP contribution in [0.3, 0.4) is 0 Å². The monoisotopic (exact) mass is 656 g/mol. The third kappa shape index (κ3) is 8.50. The lowest BCUT2D eigenvalue weighted by molar-refractivity contribution is 0.0997. The zero-order chi connectivity index (χ0) is 32.5. The number of aliphatic imine (C=N–C) groups is 1. The minimum absolute atomic E-state index is 0. The Morgan fingerprint density at radius 1 is 0.696 bits per heavy atom. The number of halogens is 1. The third-order valence-electron chi connectivity index (χ3n) is 7.52. The van der Waals surface area contributed by atoms with E-state index in [4.69, 9.17) is 35.2 Å². The van der Waals surface area contributed by atoms with Crippen LogP contribution in [0.15, 0.2) is 53.5 Å². The van der Waals surface area contributed by atoms with Gasteiger partial charge in [-0.05, 0) is 42.0 Å². The maximum Gasteiger partial charge on any atom is 0.280 e. The molecule has 5 N–H and O–H groups in total. The maximum atomic E-state index is 13.3. The highest BCUT2D eigenvalue weighted by Gasteiger charge is 2.23. The number of carbonyl (C=O) groups excluding carboxylic acids is 2. The second-order valence-electron chi connectivity index (χ2n) is 10.3. The van der Waals surface area contributed by atoms with E-state index in [-0.39, 0.29) is 29.8 Å². The summed E-state index contributed by atoms with van der Waals surface area (Å²) in [5.74, 6) is 1.44. The number of nitrogens with two attached hydrogens (primary N) is 2. The number of nitrogens with zero attached hydrogens (tertiary/aromatic N) is 3. The first-order valence-corrected chi connectivity index (χ1v) is 14.2. The quantitative estimate of drug-likeness (QED) is 0.194. The van der Waals surface area contributed by atoms with Gasteiger partial charge in [0.05, 0.1) is 35.5 Å². The van der Waals surface area contributed by atoms with E-state index in [1.54, 1.807) is 57.7 Å². The van der Waals surface area contributed by atoms with Crippen LogP contribution in [0.5, 0.6) is 28.7 Å². The molecule has 0 bridgehead atoms. The Kier molecular flexibility index (Phi) is 12.9. The van der Waals surface area contributed by atoms with Crippen molar-refractivity contribution in [3.63, 3.8) is 0 Å². The molecule has 1 heterocycles. The molecule has 0 aromatic heterocycles. The summed E-state index contributed by atoms with van der Waals surface area (Å²) in [4.78, 5) is 34.2. The number of anilines is 1. The smallest absolute Gasteiger partial charge is 0.280 e. The molecule has 1 fully saturated rings. The van der Waals surface area contributed by atoms with Gasteiger partial charge in [-0.2, -0.15) is 4.99 Å². The summed E-state index contributed by atoms with van der Waals surface area (Å²) in [5.41, 5.74) is 13.8. The van der Waals surface area contributed by atoms with Crippen LogP contribution < -0.4 is 40.5 Å². The Morgan fingerprint density at radius 2 is 1.24 bits per heavy atom. The highest BCUT2D eigenvalue weighted by Crippen LogP contribution is 2.40. The van der Waals surface area contributed by atoms with Gasteiger partial charge in [-0.15, -0.1) is 12.4 Å². The molecular formula is C32H41ClN6O7. The van der Waals surface area contributed by atoms with Crippen molar-refractivity contribution < 1.29 is 33.3 Å². The second kappa shape index (κ2) is 16.5. The minimum atomic E-state index is -0.609. The van der Waals surface area contributed by atoms with Crippen molar-refractivity contribution >= 4 is 35.9 Å². The molecule has 0 atom stereocenters. The van der Waals surface area contributed by atoms with Crippen LogP contribution in [0.2, 0.25) is 0 Å². The molecule has 1 aliphatic heterocycles. The Balaban J connectivity index is 0.00000576. The fourth-order valence-corrected chi connectivity index (χ4v) is 5.19. The molecule has 46 heavy (non-hydrogen) atoms. The predicted molar refractivity (Wildman–Crippen MR) is 178 cm³/mol. The van der Waals surface area contributed by atoms with E-state index in [9.17, 15) is 9.59 Å². The first-order valence-electron chi connectivity index (χ1n) is 14.2. The molecule has 248 valence electrons. The first kappa shape index (κ1) is 35.8. The summed E-state index contributed by atoms with van der Waals surface area (Å²) in [5, 5.41) is 2.96. The normalized spacial score (nSPS) is 13.2. The number of methoxy groups -OCH3 is 5. The molecule has 0 saturated carbocycles. The first-order chi connectivity index (χ1) is 21.7. The highest BCUT2D eigenvalue weighted by molar-refractivity contribution is 6.07. The average molecular weight is 657 g/mol. The van der Waals surface area contributed by atoms with E-state index in [1.165, 1.54) is 14.2 Å². The second-order valence-corrected chi connectivity index (χ2v) is 10.3. The van der Waals surface area contributed by atoms with Gasteiger partial charge >= 0.3 is 0 Å². The molecule has 0 aliphatic carbocycles. The molecule has 1 aliphatic rings. The summed E-state index contributed by atoms with van der Waals surface area (Å²) < 4.78 is 27.3. The van der Waals surface area contributed by atoms with Gasteiger partial charge in [0.1, 0.15) is 0 Å². The van der Waals surface area contributed by atoms with Crippen LogP contribution in [0.1, 0.15) is 31.8 Å². The van der Waals surface area contributed by atoms with Crippen molar-refractivity contribution in [3.05, 3.63) is 70.8 Å². The van der Waals surface area contributed by atoms with Crippen LogP contribution in [0.4, 0.5) is 5.69 Å². The van der Waals surface area contributed by atoms with Gasteiger partial charge in [0.2, 0.25) is 5.75 Å². The van der Waals surface area contributed by atoms with E-state index in [0.717, 1.165) is 37.3 Å². The third-order valence-corrected chi connectivity index (χ3v) is 7.52. The van der Waals surface area contributed by atoms with Crippen molar-refractivity contribution in [1.82, 2.24) is 9.80 Å². The molecule has 3 aromatic rings. The zero-order valence-electron chi connectivity index (χ0n) is 26.6. The van der Waals surface area contributed by atoms with Gasteiger partial charge in [-0.25, -0.2) is 0 Å². The number of guanidine groups is 1. The molecule has 2 amide bonds. The molecule has 0 radical (unpaired) electrons. The fourth-order valence-electron chi connectivity index (χ4n) is 5.19. The predicted octanol–water partition coefficient (Wildman–Crippen LogP) is 3.14. The lowest BCUT2D eigenvalue weighted by atomic mass is 10.1. The van der Waals surface area contributed by atoms with Crippen LogP contribution in [-0.4, -0.2) is 89.3 Å². The average Bonchev–Trinajstić information content (AvgIpc) is 3.05. The number of rotatable bonds is 12.